The summed E-state index contributed by atoms with van der Waals surface area (Å²) in [4.78, 5) is 12.1. The molecule has 0 aliphatic rings. The second-order valence-corrected chi connectivity index (χ2v) is 4.99. The molecule has 0 amide bonds. The van der Waals surface area contributed by atoms with Crippen molar-refractivity contribution in [2.45, 2.75) is 58.3 Å². The van der Waals surface area contributed by atoms with Gasteiger partial charge in [-0.05, 0) is 18.6 Å². The zero-order chi connectivity index (χ0) is 13.9. The van der Waals surface area contributed by atoms with Crippen LogP contribution in [0.5, 0.6) is 5.75 Å². The summed E-state index contributed by atoms with van der Waals surface area (Å²) in [5.41, 5.74) is 0.719. The van der Waals surface area contributed by atoms with Crippen LogP contribution in [-0.2, 0) is 0 Å². The second-order valence-electron chi connectivity index (χ2n) is 4.99. The molecule has 0 aliphatic heterocycles. The largest absolute Gasteiger partial charge is 0.496 e. The van der Waals surface area contributed by atoms with Crippen LogP contribution in [0.2, 0.25) is 0 Å². The van der Waals surface area contributed by atoms with Crippen LogP contribution in [0.4, 0.5) is 0 Å². The molecule has 0 saturated heterocycles. The number of ether oxygens (including phenoxy) is 1. The predicted octanol–water partition coefficient (Wildman–Crippen LogP) is 5.02. The minimum absolute atomic E-state index is 0.200. The molecule has 1 aromatic carbocycles. The molecule has 0 N–H and O–H groups in total. The van der Waals surface area contributed by atoms with Crippen LogP contribution >= 0.6 is 0 Å². The van der Waals surface area contributed by atoms with E-state index >= 15 is 0 Å². The first-order valence-electron chi connectivity index (χ1n) is 7.45. The highest BCUT2D eigenvalue weighted by Gasteiger charge is 2.10. The van der Waals surface area contributed by atoms with Gasteiger partial charge in [0.2, 0.25) is 0 Å². The maximum atomic E-state index is 12.1. The van der Waals surface area contributed by atoms with Gasteiger partial charge in [0, 0.05) is 6.42 Å². The molecule has 0 bridgehead atoms. The van der Waals surface area contributed by atoms with Crippen molar-refractivity contribution < 1.29 is 9.53 Å². The zero-order valence-corrected chi connectivity index (χ0v) is 12.3. The van der Waals surface area contributed by atoms with E-state index in [0.29, 0.717) is 12.2 Å². The number of unbranched alkanes of at least 4 members (excludes halogenated alkanes) is 6. The molecule has 19 heavy (non-hydrogen) atoms. The molecule has 1 rings (SSSR count). The summed E-state index contributed by atoms with van der Waals surface area (Å²) in [7, 11) is 1.61. The molecule has 0 aromatic heterocycles. The normalized spacial score (nSPS) is 10.4. The van der Waals surface area contributed by atoms with Crippen molar-refractivity contribution in [2.75, 3.05) is 7.11 Å². The van der Waals surface area contributed by atoms with E-state index < -0.39 is 0 Å². The number of hydrogen-bond acceptors (Lipinski definition) is 2. The molecular formula is C17H26O2. The lowest BCUT2D eigenvalue weighted by Gasteiger charge is -2.07. The second kappa shape index (κ2) is 9.60. The first kappa shape index (κ1) is 15.7. The van der Waals surface area contributed by atoms with E-state index in [9.17, 15) is 4.79 Å². The van der Waals surface area contributed by atoms with Crippen molar-refractivity contribution in [3.05, 3.63) is 29.8 Å². The summed E-state index contributed by atoms with van der Waals surface area (Å²) in [6, 6.07) is 7.48. The number of para-hydroxylation sites is 1. The van der Waals surface area contributed by atoms with Gasteiger partial charge in [0.15, 0.2) is 5.78 Å². The summed E-state index contributed by atoms with van der Waals surface area (Å²) in [6.45, 7) is 2.23. The molecule has 2 nitrogen and oxygen atoms in total. The molecule has 2 heteroatoms. The molecule has 0 fully saturated rings. The maximum Gasteiger partial charge on any atom is 0.166 e. The third-order valence-corrected chi connectivity index (χ3v) is 3.41. The van der Waals surface area contributed by atoms with Gasteiger partial charge in [0.1, 0.15) is 5.75 Å². The van der Waals surface area contributed by atoms with Crippen molar-refractivity contribution in [3.8, 4) is 5.75 Å². The molecule has 0 radical (unpaired) electrons. The van der Waals surface area contributed by atoms with Gasteiger partial charge in [-0.15, -0.1) is 0 Å². The lowest BCUT2D eigenvalue weighted by Crippen LogP contribution is -2.01. The highest BCUT2D eigenvalue weighted by atomic mass is 16.5. The molecule has 1 aromatic rings. The standard InChI is InChI=1S/C17H26O2/c1-3-4-5-6-7-8-9-13-16(18)15-12-10-11-14-17(15)19-2/h10-12,14H,3-9,13H2,1-2H3. The van der Waals surface area contributed by atoms with Gasteiger partial charge >= 0.3 is 0 Å². The Kier molecular flexibility index (Phi) is 7.95. The molecule has 106 valence electrons. The third-order valence-electron chi connectivity index (χ3n) is 3.41. The summed E-state index contributed by atoms with van der Waals surface area (Å²) in [5, 5.41) is 0. The van der Waals surface area contributed by atoms with Crippen LogP contribution in [0.25, 0.3) is 0 Å². The highest BCUT2D eigenvalue weighted by Crippen LogP contribution is 2.20. The van der Waals surface area contributed by atoms with E-state index in [-0.39, 0.29) is 5.78 Å². The van der Waals surface area contributed by atoms with Gasteiger partial charge in [-0.1, -0.05) is 57.6 Å². The van der Waals surface area contributed by atoms with Crippen molar-refractivity contribution in [3.63, 3.8) is 0 Å². The molecule has 0 atom stereocenters. The van der Waals surface area contributed by atoms with Crippen LogP contribution in [-0.4, -0.2) is 12.9 Å². The van der Waals surface area contributed by atoms with E-state index in [0.717, 1.165) is 18.4 Å². The van der Waals surface area contributed by atoms with Crippen LogP contribution in [0, 0.1) is 0 Å². The Morgan fingerprint density at radius 2 is 1.63 bits per heavy atom. The van der Waals surface area contributed by atoms with Gasteiger partial charge in [-0.25, -0.2) is 0 Å². The lowest BCUT2D eigenvalue weighted by atomic mass is 10.0. The van der Waals surface area contributed by atoms with E-state index in [4.69, 9.17) is 4.74 Å². The number of ketones is 1. The molecule has 0 unspecified atom stereocenters. The zero-order valence-electron chi connectivity index (χ0n) is 12.3. The minimum Gasteiger partial charge on any atom is -0.496 e. The van der Waals surface area contributed by atoms with Crippen LogP contribution in [0.3, 0.4) is 0 Å². The van der Waals surface area contributed by atoms with E-state index in [1.165, 1.54) is 32.1 Å². The molecule has 0 aliphatic carbocycles. The third kappa shape index (κ3) is 5.91. The summed E-state index contributed by atoms with van der Waals surface area (Å²) >= 11 is 0. The van der Waals surface area contributed by atoms with Crippen LogP contribution in [0.1, 0.15) is 68.6 Å². The van der Waals surface area contributed by atoms with Crippen molar-refractivity contribution >= 4 is 5.78 Å². The monoisotopic (exact) mass is 262 g/mol. The number of benzene rings is 1. The van der Waals surface area contributed by atoms with Gasteiger partial charge in [0.05, 0.1) is 12.7 Å². The van der Waals surface area contributed by atoms with Crippen molar-refractivity contribution in [1.82, 2.24) is 0 Å². The van der Waals surface area contributed by atoms with Gasteiger partial charge in [-0.2, -0.15) is 0 Å². The fourth-order valence-corrected chi connectivity index (χ4v) is 2.25. The Morgan fingerprint density at radius 3 is 2.32 bits per heavy atom. The lowest BCUT2D eigenvalue weighted by molar-refractivity contribution is 0.0976. The molecular weight excluding hydrogens is 236 g/mol. The first-order chi connectivity index (χ1) is 9.29. The number of methoxy groups -OCH3 is 1. The van der Waals surface area contributed by atoms with Crippen molar-refractivity contribution in [1.29, 1.82) is 0 Å². The fraction of sp³-hybridized carbons (Fsp3) is 0.588. The van der Waals surface area contributed by atoms with E-state index in [1.807, 2.05) is 24.3 Å². The minimum atomic E-state index is 0.200. The quantitative estimate of drug-likeness (QED) is 0.437. The predicted molar refractivity (Wildman–Crippen MR) is 79.9 cm³/mol. The van der Waals surface area contributed by atoms with Crippen molar-refractivity contribution in [2.24, 2.45) is 0 Å². The topological polar surface area (TPSA) is 26.3 Å². The van der Waals surface area contributed by atoms with E-state index in [2.05, 4.69) is 6.92 Å². The summed E-state index contributed by atoms with van der Waals surface area (Å²) < 4.78 is 5.22. The number of carbonyl (C=O) groups excluding carboxylic acids is 1. The van der Waals surface area contributed by atoms with Gasteiger partial charge < -0.3 is 4.74 Å². The van der Waals surface area contributed by atoms with Gasteiger partial charge in [0.25, 0.3) is 0 Å². The Balaban J connectivity index is 2.24. The highest BCUT2D eigenvalue weighted by molar-refractivity contribution is 5.98. The number of carbonyl (C=O) groups is 1. The Bertz CT molecular complexity index is 371. The first-order valence-corrected chi connectivity index (χ1v) is 7.45. The Morgan fingerprint density at radius 1 is 1.00 bits per heavy atom. The fourth-order valence-electron chi connectivity index (χ4n) is 2.25. The Hall–Kier alpha value is -1.31. The molecule has 0 saturated carbocycles. The summed E-state index contributed by atoms with van der Waals surface area (Å²) in [6.07, 6.45) is 9.28. The molecule has 0 heterocycles. The number of hydrogen-bond donors (Lipinski definition) is 0. The Labute approximate surface area is 117 Å². The maximum absolute atomic E-state index is 12.1. The number of rotatable bonds is 10. The van der Waals surface area contributed by atoms with Crippen LogP contribution in [0.15, 0.2) is 24.3 Å². The van der Waals surface area contributed by atoms with Gasteiger partial charge in [-0.3, -0.25) is 4.79 Å². The molecule has 0 spiro atoms. The number of Topliss-reactive ketones (excluding diaryl/α,β-unsaturated/α-hetero) is 1. The SMILES string of the molecule is CCCCCCCCCC(=O)c1ccccc1OC. The smallest absolute Gasteiger partial charge is 0.166 e. The van der Waals surface area contributed by atoms with E-state index in [1.54, 1.807) is 7.11 Å². The van der Waals surface area contributed by atoms with Crippen LogP contribution < -0.4 is 4.74 Å². The summed E-state index contributed by atoms with van der Waals surface area (Å²) in [5.74, 6) is 0.890. The average molecular weight is 262 g/mol. The average Bonchev–Trinajstić information content (AvgIpc) is 2.46.